The highest BCUT2D eigenvalue weighted by Gasteiger charge is 2.19. The van der Waals surface area contributed by atoms with Crippen LogP contribution in [0.5, 0.6) is 0 Å². The lowest BCUT2D eigenvalue weighted by atomic mass is 10.0. The van der Waals surface area contributed by atoms with Crippen LogP contribution in [0.15, 0.2) is 0 Å². The Kier molecular flexibility index (Phi) is 6.10. The third-order valence-corrected chi connectivity index (χ3v) is 2.59. The molecular weight excluding hydrogens is 180 g/mol. The molecule has 0 radical (unpaired) electrons. The number of aliphatic hydroxyl groups is 1. The zero-order valence-corrected chi connectivity index (χ0v) is 8.96. The van der Waals surface area contributed by atoms with E-state index in [1.807, 2.05) is 0 Å². The zero-order valence-electron chi connectivity index (χ0n) is 8.96. The summed E-state index contributed by atoms with van der Waals surface area (Å²) in [6.07, 6.45) is 4.36. The number of rotatable bonds is 6. The molecule has 0 amide bonds. The summed E-state index contributed by atoms with van der Waals surface area (Å²) >= 11 is 0. The molecule has 0 aromatic carbocycles. The Morgan fingerprint density at radius 2 is 2.36 bits per heavy atom. The van der Waals surface area contributed by atoms with Crippen LogP contribution in [0.1, 0.15) is 32.6 Å². The van der Waals surface area contributed by atoms with Gasteiger partial charge in [0.1, 0.15) is 0 Å². The molecule has 1 rings (SSSR count). The van der Waals surface area contributed by atoms with Gasteiger partial charge >= 0.3 is 0 Å². The van der Waals surface area contributed by atoms with Crippen LogP contribution in [0.3, 0.4) is 0 Å². The molecule has 1 aliphatic rings. The van der Waals surface area contributed by atoms with Crippen molar-refractivity contribution in [2.24, 2.45) is 0 Å². The normalized spacial score (nSPS) is 27.9. The number of nitrogens with one attached hydrogen (secondary N) is 2. The lowest BCUT2D eigenvalue weighted by Gasteiger charge is -2.28. The van der Waals surface area contributed by atoms with Crippen LogP contribution >= 0.6 is 0 Å². The van der Waals surface area contributed by atoms with E-state index in [2.05, 4.69) is 17.7 Å². The molecule has 0 saturated carbocycles. The van der Waals surface area contributed by atoms with Crippen molar-refractivity contribution < 1.29 is 9.94 Å². The van der Waals surface area contributed by atoms with Crippen molar-refractivity contribution in [3.05, 3.63) is 0 Å². The summed E-state index contributed by atoms with van der Waals surface area (Å²) in [5.74, 6) is 0. The molecule has 0 bridgehead atoms. The van der Waals surface area contributed by atoms with Gasteiger partial charge in [0.25, 0.3) is 0 Å². The van der Waals surface area contributed by atoms with Gasteiger partial charge in [-0.3, -0.25) is 0 Å². The largest absolute Gasteiger partial charge is 0.395 e. The molecule has 1 heterocycles. The second-order valence-corrected chi connectivity index (χ2v) is 3.88. The maximum absolute atomic E-state index is 8.91. The van der Waals surface area contributed by atoms with E-state index in [1.54, 1.807) is 0 Å². The maximum atomic E-state index is 8.91. The van der Waals surface area contributed by atoms with Crippen molar-refractivity contribution in [1.82, 2.24) is 10.8 Å². The van der Waals surface area contributed by atoms with Crippen LogP contribution in [0.25, 0.3) is 0 Å². The summed E-state index contributed by atoms with van der Waals surface area (Å²) in [5, 5.41) is 12.2. The van der Waals surface area contributed by atoms with Crippen molar-refractivity contribution in [2.75, 3.05) is 19.8 Å². The third kappa shape index (κ3) is 4.37. The molecule has 4 nitrogen and oxygen atoms in total. The quantitative estimate of drug-likeness (QED) is 0.431. The summed E-state index contributed by atoms with van der Waals surface area (Å²) in [7, 11) is 0. The summed E-state index contributed by atoms with van der Waals surface area (Å²) in [6, 6.07) is 0.679. The van der Waals surface area contributed by atoms with E-state index in [0.29, 0.717) is 6.04 Å². The van der Waals surface area contributed by atoms with Gasteiger partial charge in [0.2, 0.25) is 0 Å². The SMILES string of the molecule is CCCCON[C@@H]1CC[C@@H](CO)NC1. The van der Waals surface area contributed by atoms with Gasteiger partial charge in [0, 0.05) is 18.6 Å². The molecule has 14 heavy (non-hydrogen) atoms. The first-order valence-electron chi connectivity index (χ1n) is 5.58. The molecule has 0 unspecified atom stereocenters. The van der Waals surface area contributed by atoms with Crippen LogP contribution in [-0.4, -0.2) is 36.9 Å². The van der Waals surface area contributed by atoms with Crippen molar-refractivity contribution in [2.45, 2.75) is 44.7 Å². The number of piperidine rings is 1. The first-order valence-corrected chi connectivity index (χ1v) is 5.58. The summed E-state index contributed by atoms with van der Waals surface area (Å²) in [4.78, 5) is 5.33. The number of hydrogen-bond acceptors (Lipinski definition) is 4. The smallest absolute Gasteiger partial charge is 0.0682 e. The fourth-order valence-electron chi connectivity index (χ4n) is 1.57. The minimum atomic E-state index is 0.239. The first kappa shape index (κ1) is 11.9. The van der Waals surface area contributed by atoms with Crippen LogP contribution in [-0.2, 0) is 4.84 Å². The van der Waals surface area contributed by atoms with Crippen LogP contribution in [0, 0.1) is 0 Å². The Hall–Kier alpha value is -0.160. The molecule has 0 aromatic heterocycles. The van der Waals surface area contributed by atoms with Crippen molar-refractivity contribution in [3.8, 4) is 0 Å². The lowest BCUT2D eigenvalue weighted by Crippen LogP contribution is -2.49. The molecule has 1 aliphatic heterocycles. The molecule has 1 saturated heterocycles. The molecule has 1 fully saturated rings. The molecule has 4 heteroatoms. The molecule has 0 spiro atoms. The minimum Gasteiger partial charge on any atom is -0.395 e. The minimum absolute atomic E-state index is 0.239. The number of hydroxylamine groups is 1. The summed E-state index contributed by atoms with van der Waals surface area (Å²) in [5.41, 5.74) is 3.06. The fraction of sp³-hybridized carbons (Fsp3) is 1.00. The molecular formula is C10H22N2O2. The van der Waals surface area contributed by atoms with E-state index in [-0.39, 0.29) is 12.6 Å². The Bertz CT molecular complexity index is 136. The molecule has 0 aromatic rings. The van der Waals surface area contributed by atoms with E-state index >= 15 is 0 Å². The van der Waals surface area contributed by atoms with Crippen LogP contribution in [0.2, 0.25) is 0 Å². The predicted octanol–water partition coefficient (Wildman–Crippen LogP) is 0.421. The average molecular weight is 202 g/mol. The van der Waals surface area contributed by atoms with Crippen molar-refractivity contribution in [1.29, 1.82) is 0 Å². The molecule has 3 N–H and O–H groups in total. The van der Waals surface area contributed by atoms with Crippen molar-refractivity contribution in [3.63, 3.8) is 0 Å². The highest BCUT2D eigenvalue weighted by atomic mass is 16.6. The highest BCUT2D eigenvalue weighted by molar-refractivity contribution is 4.79. The Morgan fingerprint density at radius 3 is 2.93 bits per heavy atom. The van der Waals surface area contributed by atoms with Gasteiger partial charge in [-0.2, -0.15) is 5.48 Å². The van der Waals surface area contributed by atoms with Gasteiger partial charge in [-0.25, -0.2) is 0 Å². The van der Waals surface area contributed by atoms with E-state index < -0.39 is 0 Å². The van der Waals surface area contributed by atoms with Gasteiger partial charge < -0.3 is 15.3 Å². The average Bonchev–Trinajstić information content (AvgIpc) is 2.25. The number of hydrogen-bond donors (Lipinski definition) is 3. The van der Waals surface area contributed by atoms with Gasteiger partial charge in [0.15, 0.2) is 0 Å². The maximum Gasteiger partial charge on any atom is 0.0682 e. The van der Waals surface area contributed by atoms with Gasteiger partial charge in [-0.1, -0.05) is 13.3 Å². The third-order valence-electron chi connectivity index (χ3n) is 2.59. The predicted molar refractivity (Wildman–Crippen MR) is 55.9 cm³/mol. The lowest BCUT2D eigenvalue weighted by molar-refractivity contribution is 0.00477. The monoisotopic (exact) mass is 202 g/mol. The van der Waals surface area contributed by atoms with E-state index in [9.17, 15) is 0 Å². The summed E-state index contributed by atoms with van der Waals surface area (Å²) in [6.45, 7) is 4.06. The fourth-order valence-corrected chi connectivity index (χ4v) is 1.57. The molecule has 84 valence electrons. The van der Waals surface area contributed by atoms with E-state index in [0.717, 1.165) is 38.8 Å². The van der Waals surface area contributed by atoms with Gasteiger partial charge in [0.05, 0.1) is 13.2 Å². The summed E-state index contributed by atoms with van der Waals surface area (Å²) < 4.78 is 0. The van der Waals surface area contributed by atoms with Gasteiger partial charge in [-0.05, 0) is 19.3 Å². The first-order chi connectivity index (χ1) is 6.86. The highest BCUT2D eigenvalue weighted by Crippen LogP contribution is 2.07. The number of unbranched alkanes of at least 4 members (excludes halogenated alkanes) is 1. The Balaban J connectivity index is 1.98. The Labute approximate surface area is 86.0 Å². The van der Waals surface area contributed by atoms with E-state index in [4.69, 9.17) is 9.94 Å². The van der Waals surface area contributed by atoms with Gasteiger partial charge in [-0.15, -0.1) is 0 Å². The van der Waals surface area contributed by atoms with Crippen LogP contribution < -0.4 is 10.8 Å². The number of aliphatic hydroxyl groups excluding tert-OH is 1. The second-order valence-electron chi connectivity index (χ2n) is 3.88. The Morgan fingerprint density at radius 1 is 1.50 bits per heavy atom. The second kappa shape index (κ2) is 7.17. The zero-order chi connectivity index (χ0) is 10.2. The molecule has 0 aliphatic carbocycles. The van der Waals surface area contributed by atoms with Crippen molar-refractivity contribution >= 4 is 0 Å². The van der Waals surface area contributed by atoms with Crippen LogP contribution in [0.4, 0.5) is 0 Å². The molecule has 2 atom stereocenters. The van der Waals surface area contributed by atoms with E-state index in [1.165, 1.54) is 0 Å². The topological polar surface area (TPSA) is 53.5 Å². The standard InChI is InChI=1S/C10H22N2O2/c1-2-3-6-14-12-9-4-5-10(8-13)11-7-9/h9-13H,2-8H2,1H3/t9-,10+/m1/s1.